The van der Waals surface area contributed by atoms with E-state index in [4.69, 9.17) is 4.42 Å². The fraction of sp³-hybridized carbons (Fsp3) is 0.111. The van der Waals surface area contributed by atoms with Gasteiger partial charge in [-0.05, 0) is 35.0 Å². The summed E-state index contributed by atoms with van der Waals surface area (Å²) in [6.45, 7) is 1.86. The maximum Gasteiger partial charge on any atom is 0.245 e. The van der Waals surface area contributed by atoms with E-state index in [1.165, 1.54) is 0 Å². The van der Waals surface area contributed by atoms with Crippen LogP contribution in [0.5, 0.6) is 0 Å². The monoisotopic (exact) mass is 238 g/mol. The Hall–Kier alpha value is -1.16. The van der Waals surface area contributed by atoms with Crippen molar-refractivity contribution in [1.29, 1.82) is 0 Å². The Labute approximate surface area is 84.0 Å². The molecule has 2 rings (SSSR count). The van der Waals surface area contributed by atoms with E-state index in [9.17, 15) is 0 Å². The van der Waals surface area contributed by atoms with Crippen molar-refractivity contribution in [3.8, 4) is 11.6 Å². The van der Waals surface area contributed by atoms with Crippen LogP contribution >= 0.6 is 15.9 Å². The Bertz CT molecular complexity index is 408. The highest BCUT2D eigenvalue weighted by Gasteiger charge is 2.04. The quantitative estimate of drug-likeness (QED) is 0.767. The lowest BCUT2D eigenvalue weighted by atomic mass is 10.3. The molecule has 0 amide bonds. The van der Waals surface area contributed by atoms with Crippen molar-refractivity contribution in [2.75, 3.05) is 0 Å². The zero-order valence-corrected chi connectivity index (χ0v) is 8.58. The lowest BCUT2D eigenvalue weighted by Crippen LogP contribution is -1.81. The molecule has 0 aliphatic rings. The Morgan fingerprint density at radius 1 is 1.23 bits per heavy atom. The third kappa shape index (κ3) is 1.78. The minimum Gasteiger partial charge on any atom is -0.440 e. The SMILES string of the molecule is Cc1cnc(-c2ccc(Br)cn2)o1. The normalized spacial score (nSPS) is 10.3. The third-order valence-corrected chi connectivity index (χ3v) is 2.04. The van der Waals surface area contributed by atoms with E-state index in [1.54, 1.807) is 12.4 Å². The fourth-order valence-electron chi connectivity index (χ4n) is 0.975. The highest BCUT2D eigenvalue weighted by molar-refractivity contribution is 9.10. The molecule has 2 aromatic rings. The molecule has 0 saturated heterocycles. The molecule has 4 heteroatoms. The Morgan fingerprint density at radius 2 is 2.08 bits per heavy atom. The van der Waals surface area contributed by atoms with Crippen molar-refractivity contribution in [1.82, 2.24) is 9.97 Å². The highest BCUT2D eigenvalue weighted by Crippen LogP contribution is 2.17. The topological polar surface area (TPSA) is 38.9 Å². The molecule has 0 aliphatic heterocycles. The van der Waals surface area contributed by atoms with Crippen LogP contribution in [0.1, 0.15) is 5.76 Å². The van der Waals surface area contributed by atoms with E-state index >= 15 is 0 Å². The van der Waals surface area contributed by atoms with Crippen LogP contribution in [0.4, 0.5) is 0 Å². The first kappa shape index (κ1) is 8.44. The third-order valence-electron chi connectivity index (χ3n) is 1.57. The number of pyridine rings is 1. The van der Waals surface area contributed by atoms with Gasteiger partial charge in [0, 0.05) is 10.7 Å². The van der Waals surface area contributed by atoms with E-state index in [-0.39, 0.29) is 0 Å². The molecule has 0 unspecified atom stereocenters. The molecule has 0 N–H and O–H groups in total. The first-order chi connectivity index (χ1) is 6.25. The van der Waals surface area contributed by atoms with E-state index in [0.29, 0.717) is 5.89 Å². The van der Waals surface area contributed by atoms with Crippen molar-refractivity contribution in [2.45, 2.75) is 6.92 Å². The summed E-state index contributed by atoms with van der Waals surface area (Å²) in [5.41, 5.74) is 0.747. The van der Waals surface area contributed by atoms with Crippen LogP contribution < -0.4 is 0 Å². The fourth-order valence-corrected chi connectivity index (χ4v) is 1.21. The molecule has 0 spiro atoms. The van der Waals surface area contributed by atoms with Gasteiger partial charge in [0.2, 0.25) is 5.89 Å². The molecule has 0 aromatic carbocycles. The summed E-state index contributed by atoms with van der Waals surface area (Å²) in [6.07, 6.45) is 3.40. The predicted octanol–water partition coefficient (Wildman–Crippen LogP) is 2.81. The van der Waals surface area contributed by atoms with Gasteiger partial charge in [-0.15, -0.1) is 0 Å². The largest absolute Gasteiger partial charge is 0.440 e. The van der Waals surface area contributed by atoms with Crippen molar-refractivity contribution in [3.63, 3.8) is 0 Å². The molecular weight excluding hydrogens is 232 g/mol. The number of aryl methyl sites for hydroxylation is 1. The van der Waals surface area contributed by atoms with Gasteiger partial charge < -0.3 is 4.42 Å². The maximum absolute atomic E-state index is 5.32. The van der Waals surface area contributed by atoms with Gasteiger partial charge >= 0.3 is 0 Å². The first-order valence-corrected chi connectivity index (χ1v) is 4.59. The maximum atomic E-state index is 5.32. The van der Waals surface area contributed by atoms with E-state index in [1.807, 2.05) is 19.1 Å². The lowest BCUT2D eigenvalue weighted by Gasteiger charge is -1.93. The van der Waals surface area contributed by atoms with Crippen LogP contribution in [-0.4, -0.2) is 9.97 Å². The molecule has 3 nitrogen and oxygen atoms in total. The van der Waals surface area contributed by atoms with Crippen LogP contribution in [0.25, 0.3) is 11.6 Å². The van der Waals surface area contributed by atoms with Gasteiger partial charge in [0.15, 0.2) is 0 Å². The van der Waals surface area contributed by atoms with E-state index in [2.05, 4.69) is 25.9 Å². The molecular formula is C9H7BrN2O. The van der Waals surface area contributed by atoms with Crippen molar-refractivity contribution < 1.29 is 4.42 Å². The Morgan fingerprint density at radius 3 is 2.62 bits per heavy atom. The van der Waals surface area contributed by atoms with Gasteiger partial charge in [0.25, 0.3) is 0 Å². The number of oxazole rings is 1. The van der Waals surface area contributed by atoms with E-state index < -0.39 is 0 Å². The standard InChI is InChI=1S/C9H7BrN2O/c1-6-4-12-9(13-6)8-3-2-7(10)5-11-8/h2-5H,1H3. The summed E-state index contributed by atoms with van der Waals surface area (Å²) < 4.78 is 6.26. The summed E-state index contributed by atoms with van der Waals surface area (Å²) in [5, 5.41) is 0. The summed E-state index contributed by atoms with van der Waals surface area (Å²) in [4.78, 5) is 8.23. The van der Waals surface area contributed by atoms with Gasteiger partial charge in [-0.25, -0.2) is 4.98 Å². The molecule has 66 valence electrons. The minimum atomic E-state index is 0.560. The summed E-state index contributed by atoms with van der Waals surface area (Å²) in [7, 11) is 0. The minimum absolute atomic E-state index is 0.560. The van der Waals surface area contributed by atoms with Crippen molar-refractivity contribution in [2.24, 2.45) is 0 Å². The predicted molar refractivity (Wildman–Crippen MR) is 52.2 cm³/mol. The summed E-state index contributed by atoms with van der Waals surface area (Å²) in [6, 6.07) is 3.76. The lowest BCUT2D eigenvalue weighted by molar-refractivity contribution is 0.540. The number of halogens is 1. The first-order valence-electron chi connectivity index (χ1n) is 3.80. The molecule has 0 radical (unpaired) electrons. The molecule has 13 heavy (non-hydrogen) atoms. The number of hydrogen-bond acceptors (Lipinski definition) is 3. The second-order valence-electron chi connectivity index (χ2n) is 2.64. The highest BCUT2D eigenvalue weighted by atomic mass is 79.9. The Balaban J connectivity index is 2.41. The number of nitrogens with zero attached hydrogens (tertiary/aromatic N) is 2. The molecule has 0 saturated carbocycles. The average Bonchev–Trinajstić information content (AvgIpc) is 2.53. The summed E-state index contributed by atoms with van der Waals surface area (Å²) >= 11 is 3.31. The van der Waals surface area contributed by atoms with Crippen LogP contribution in [0, 0.1) is 6.92 Å². The molecule has 0 fully saturated rings. The van der Waals surface area contributed by atoms with Gasteiger partial charge in [-0.1, -0.05) is 0 Å². The van der Waals surface area contributed by atoms with Gasteiger partial charge in [-0.3, -0.25) is 4.98 Å². The average molecular weight is 239 g/mol. The van der Waals surface area contributed by atoms with Crippen LogP contribution in [-0.2, 0) is 0 Å². The second kappa shape index (κ2) is 3.30. The van der Waals surface area contributed by atoms with Gasteiger partial charge in [0.05, 0.1) is 6.20 Å². The molecule has 2 heterocycles. The molecule has 0 aliphatic carbocycles. The smallest absolute Gasteiger partial charge is 0.245 e. The second-order valence-corrected chi connectivity index (χ2v) is 3.55. The van der Waals surface area contributed by atoms with E-state index in [0.717, 1.165) is 15.9 Å². The number of rotatable bonds is 1. The molecule has 0 bridgehead atoms. The molecule has 2 aromatic heterocycles. The van der Waals surface area contributed by atoms with Crippen LogP contribution in [0.2, 0.25) is 0 Å². The zero-order chi connectivity index (χ0) is 9.26. The number of aromatic nitrogens is 2. The number of hydrogen-bond donors (Lipinski definition) is 0. The zero-order valence-electron chi connectivity index (χ0n) is 6.99. The van der Waals surface area contributed by atoms with Crippen LogP contribution in [0.3, 0.4) is 0 Å². The Kier molecular flexibility index (Phi) is 2.14. The van der Waals surface area contributed by atoms with Crippen molar-refractivity contribution in [3.05, 3.63) is 34.8 Å². The summed E-state index contributed by atoms with van der Waals surface area (Å²) in [5.74, 6) is 1.35. The van der Waals surface area contributed by atoms with Gasteiger partial charge in [0.1, 0.15) is 11.5 Å². The van der Waals surface area contributed by atoms with Gasteiger partial charge in [-0.2, -0.15) is 0 Å². The molecule has 0 atom stereocenters. The van der Waals surface area contributed by atoms with Crippen molar-refractivity contribution >= 4 is 15.9 Å². The van der Waals surface area contributed by atoms with Crippen LogP contribution in [0.15, 0.2) is 33.4 Å².